The molecule has 0 bridgehead atoms. The maximum Gasteiger partial charge on any atom is 0.259 e. The van der Waals surface area contributed by atoms with Crippen molar-refractivity contribution in [3.63, 3.8) is 0 Å². The van der Waals surface area contributed by atoms with Crippen molar-refractivity contribution in [2.24, 2.45) is 0 Å². The average Bonchev–Trinajstić information content (AvgIpc) is 3.13. The van der Waals surface area contributed by atoms with E-state index in [1.165, 1.54) is 30.2 Å². The van der Waals surface area contributed by atoms with Gasteiger partial charge in [0, 0.05) is 10.9 Å². The molecule has 7 nitrogen and oxygen atoms in total. The Balaban J connectivity index is 1.61. The normalized spacial score (nSPS) is 11.1. The van der Waals surface area contributed by atoms with Crippen molar-refractivity contribution in [1.82, 2.24) is 9.97 Å². The number of hydrogen-bond acceptors (Lipinski definition) is 7. The Hall–Kier alpha value is -2.52. The van der Waals surface area contributed by atoms with E-state index in [1.54, 1.807) is 25.3 Å². The van der Waals surface area contributed by atoms with E-state index in [-0.39, 0.29) is 17.2 Å². The Bertz CT molecular complexity index is 1080. The van der Waals surface area contributed by atoms with Gasteiger partial charge in [-0.3, -0.25) is 9.59 Å². The fraction of sp³-hybridized carbons (Fsp3) is 0.350. The largest absolute Gasteiger partial charge is 0.497 e. The zero-order chi connectivity index (χ0) is 21.0. The van der Waals surface area contributed by atoms with E-state index in [2.05, 4.69) is 29.1 Å². The number of aromatic nitrogens is 2. The number of aromatic amines is 1. The summed E-state index contributed by atoms with van der Waals surface area (Å²) < 4.78 is 10.4. The third-order valence-corrected chi connectivity index (χ3v) is 6.47. The highest BCUT2D eigenvalue weighted by molar-refractivity contribution is 7.99. The summed E-state index contributed by atoms with van der Waals surface area (Å²) in [5, 5.41) is 3.45. The molecule has 2 N–H and O–H groups in total. The van der Waals surface area contributed by atoms with Crippen LogP contribution in [0.2, 0.25) is 0 Å². The highest BCUT2D eigenvalue weighted by atomic mass is 32.2. The van der Waals surface area contributed by atoms with Gasteiger partial charge in [0.05, 0.1) is 36.8 Å². The molecule has 0 unspecified atom stereocenters. The van der Waals surface area contributed by atoms with Gasteiger partial charge in [0.1, 0.15) is 22.2 Å². The average molecular weight is 434 g/mol. The van der Waals surface area contributed by atoms with Crippen molar-refractivity contribution >= 4 is 44.9 Å². The first-order chi connectivity index (χ1) is 13.9. The number of fused-ring (bicyclic) bond motifs is 1. The first-order valence-electron chi connectivity index (χ1n) is 9.03. The number of benzene rings is 1. The minimum Gasteiger partial charge on any atom is -0.497 e. The fourth-order valence-electron chi connectivity index (χ4n) is 2.68. The van der Waals surface area contributed by atoms with Gasteiger partial charge in [-0.05, 0) is 24.1 Å². The molecule has 1 amide bonds. The first-order valence-corrected chi connectivity index (χ1v) is 11.0. The maximum absolute atomic E-state index is 12.3. The van der Waals surface area contributed by atoms with Crippen molar-refractivity contribution in [3.8, 4) is 11.5 Å². The molecular formula is C20H23N3O4S2. The van der Waals surface area contributed by atoms with Crippen LogP contribution in [0.15, 0.2) is 29.1 Å². The number of nitrogens with zero attached hydrogens (tertiary/aromatic N) is 1. The van der Waals surface area contributed by atoms with E-state index in [4.69, 9.17) is 9.47 Å². The smallest absolute Gasteiger partial charge is 0.259 e. The van der Waals surface area contributed by atoms with Crippen molar-refractivity contribution in [1.29, 1.82) is 0 Å². The van der Waals surface area contributed by atoms with Crippen LogP contribution in [-0.2, 0) is 10.5 Å². The van der Waals surface area contributed by atoms with E-state index < -0.39 is 0 Å². The molecule has 3 rings (SSSR count). The third-order valence-electron chi connectivity index (χ3n) is 4.19. The zero-order valence-electron chi connectivity index (χ0n) is 16.7. The molecular weight excluding hydrogens is 410 g/mol. The topological polar surface area (TPSA) is 93.3 Å². The Morgan fingerprint density at radius 3 is 2.76 bits per heavy atom. The number of methoxy groups -OCH3 is 2. The number of thioether (sulfide) groups is 1. The second kappa shape index (κ2) is 9.32. The molecule has 29 heavy (non-hydrogen) atoms. The predicted molar refractivity (Wildman–Crippen MR) is 119 cm³/mol. The Morgan fingerprint density at radius 1 is 1.28 bits per heavy atom. The summed E-state index contributed by atoms with van der Waals surface area (Å²) in [6, 6.07) is 7.10. The SMILES string of the molecule is COc1ccc(NC(=O)CSCc2nc3sc(C(C)C)cc3c(=O)[nH]2)c(OC)c1. The van der Waals surface area contributed by atoms with Crippen molar-refractivity contribution < 1.29 is 14.3 Å². The molecule has 2 aromatic heterocycles. The van der Waals surface area contributed by atoms with Gasteiger partial charge in [-0.15, -0.1) is 23.1 Å². The first kappa shape index (κ1) is 21.2. The molecule has 0 saturated heterocycles. The van der Waals surface area contributed by atoms with Crippen LogP contribution in [-0.4, -0.2) is 35.8 Å². The second-order valence-electron chi connectivity index (χ2n) is 6.64. The van der Waals surface area contributed by atoms with Crippen LogP contribution < -0.4 is 20.3 Å². The predicted octanol–water partition coefficient (Wildman–Crippen LogP) is 4.00. The number of nitrogens with one attached hydrogen (secondary N) is 2. The van der Waals surface area contributed by atoms with E-state index >= 15 is 0 Å². The van der Waals surface area contributed by atoms with E-state index in [0.717, 1.165) is 9.71 Å². The number of carbonyl (C=O) groups excluding carboxylic acids is 1. The van der Waals surface area contributed by atoms with Crippen molar-refractivity contribution in [3.05, 3.63) is 45.3 Å². The molecule has 0 spiro atoms. The van der Waals surface area contributed by atoms with E-state index in [9.17, 15) is 9.59 Å². The molecule has 0 radical (unpaired) electrons. The number of H-pyrrole nitrogens is 1. The van der Waals surface area contributed by atoms with Gasteiger partial charge in [0.25, 0.3) is 5.56 Å². The summed E-state index contributed by atoms with van der Waals surface area (Å²) in [5.41, 5.74) is 0.438. The Kier molecular flexibility index (Phi) is 6.81. The lowest BCUT2D eigenvalue weighted by Crippen LogP contribution is -2.15. The van der Waals surface area contributed by atoms with Gasteiger partial charge in [0.15, 0.2) is 0 Å². The van der Waals surface area contributed by atoms with Gasteiger partial charge in [-0.2, -0.15) is 0 Å². The van der Waals surface area contributed by atoms with Crippen LogP contribution in [0.25, 0.3) is 10.2 Å². The Labute approximate surface area is 176 Å². The van der Waals surface area contributed by atoms with Crippen LogP contribution in [0.3, 0.4) is 0 Å². The fourth-order valence-corrected chi connectivity index (χ4v) is 4.42. The number of anilines is 1. The van der Waals surface area contributed by atoms with Crippen LogP contribution >= 0.6 is 23.1 Å². The summed E-state index contributed by atoms with van der Waals surface area (Å²) in [5.74, 6) is 2.59. The second-order valence-corrected chi connectivity index (χ2v) is 8.69. The summed E-state index contributed by atoms with van der Waals surface area (Å²) in [7, 11) is 3.10. The molecule has 154 valence electrons. The maximum atomic E-state index is 12.3. The zero-order valence-corrected chi connectivity index (χ0v) is 18.3. The van der Waals surface area contributed by atoms with E-state index in [1.807, 2.05) is 6.07 Å². The van der Waals surface area contributed by atoms with Gasteiger partial charge in [-0.25, -0.2) is 4.98 Å². The van der Waals surface area contributed by atoms with Crippen molar-refractivity contribution in [2.45, 2.75) is 25.5 Å². The van der Waals surface area contributed by atoms with Crippen LogP contribution in [0.1, 0.15) is 30.5 Å². The lowest BCUT2D eigenvalue weighted by molar-refractivity contribution is -0.113. The minimum atomic E-state index is -0.167. The van der Waals surface area contributed by atoms with Crippen LogP contribution in [0.5, 0.6) is 11.5 Å². The van der Waals surface area contributed by atoms with E-state index in [0.29, 0.717) is 40.1 Å². The molecule has 9 heteroatoms. The number of thiophene rings is 1. The van der Waals surface area contributed by atoms with Gasteiger partial charge < -0.3 is 19.8 Å². The molecule has 1 aromatic carbocycles. The summed E-state index contributed by atoms with van der Waals surface area (Å²) in [4.78, 5) is 33.8. The van der Waals surface area contributed by atoms with Crippen LogP contribution in [0.4, 0.5) is 5.69 Å². The molecule has 3 aromatic rings. The van der Waals surface area contributed by atoms with Gasteiger partial charge >= 0.3 is 0 Å². The highest BCUT2D eigenvalue weighted by Gasteiger charge is 2.12. The molecule has 0 fully saturated rings. The number of carbonyl (C=O) groups is 1. The Morgan fingerprint density at radius 2 is 2.07 bits per heavy atom. The molecule has 0 aliphatic rings. The highest BCUT2D eigenvalue weighted by Crippen LogP contribution is 2.29. The number of amides is 1. The number of hydrogen-bond donors (Lipinski definition) is 2. The molecule has 2 heterocycles. The van der Waals surface area contributed by atoms with Gasteiger partial charge in [0.2, 0.25) is 5.91 Å². The summed E-state index contributed by atoms with van der Waals surface area (Å²) in [6.07, 6.45) is 0. The molecule has 0 saturated carbocycles. The quantitative estimate of drug-likeness (QED) is 0.558. The molecule has 0 atom stereocenters. The summed E-state index contributed by atoms with van der Waals surface area (Å²) >= 11 is 2.92. The number of ether oxygens (including phenoxy) is 2. The third kappa shape index (κ3) is 5.10. The lowest BCUT2D eigenvalue weighted by Gasteiger charge is -2.11. The molecule has 0 aliphatic carbocycles. The van der Waals surface area contributed by atoms with Crippen molar-refractivity contribution in [2.75, 3.05) is 25.3 Å². The minimum absolute atomic E-state index is 0.138. The number of rotatable bonds is 8. The monoisotopic (exact) mass is 433 g/mol. The standard InChI is InChI=1S/C20H23N3O4S2/c1-11(2)16-8-13-19(25)22-17(23-20(13)29-16)9-28-10-18(24)21-14-6-5-12(26-3)7-15(14)27-4/h5-8,11H,9-10H2,1-4H3,(H,21,24)(H,22,23,25). The summed E-state index contributed by atoms with van der Waals surface area (Å²) in [6.45, 7) is 4.18. The molecule has 0 aliphatic heterocycles. The lowest BCUT2D eigenvalue weighted by atomic mass is 10.2. The van der Waals surface area contributed by atoms with Crippen LogP contribution in [0, 0.1) is 0 Å². The van der Waals surface area contributed by atoms with Gasteiger partial charge in [-0.1, -0.05) is 13.8 Å².